The molecule has 3 amide bonds. The van der Waals surface area contributed by atoms with Crippen LogP contribution in [0.4, 0.5) is 21.9 Å². The number of hydrogen-bond donors (Lipinski definition) is 3. The van der Waals surface area contributed by atoms with Crippen LogP contribution in [0.5, 0.6) is 0 Å². The molecule has 11 heteroatoms. The third kappa shape index (κ3) is 5.90. The maximum Gasteiger partial charge on any atom is 0.320 e. The van der Waals surface area contributed by atoms with E-state index in [1.807, 2.05) is 46.6 Å². The van der Waals surface area contributed by atoms with E-state index in [-0.39, 0.29) is 5.91 Å². The van der Waals surface area contributed by atoms with Crippen LogP contribution in [0.25, 0.3) is 0 Å². The van der Waals surface area contributed by atoms with Crippen molar-refractivity contribution < 1.29 is 9.59 Å². The summed E-state index contributed by atoms with van der Waals surface area (Å²) in [4.78, 5) is 34.2. The molecule has 2 aromatic carbocycles. The fourth-order valence-electron chi connectivity index (χ4n) is 3.58. The second kappa shape index (κ2) is 10.9. The summed E-state index contributed by atoms with van der Waals surface area (Å²) in [6, 6.07) is 16.1. The number of nitriles is 1. The Morgan fingerprint density at radius 2 is 1.74 bits per heavy atom. The van der Waals surface area contributed by atoms with Crippen molar-refractivity contribution in [3.8, 4) is 6.19 Å². The van der Waals surface area contributed by atoms with Gasteiger partial charge in [-0.05, 0) is 60.0 Å². The molecule has 0 spiro atoms. The Morgan fingerprint density at radius 1 is 1.06 bits per heavy atom. The number of carbonyl (C=O) groups excluding carboxylic acids is 2. The summed E-state index contributed by atoms with van der Waals surface area (Å²) >= 11 is 7.26. The zero-order valence-corrected chi connectivity index (χ0v) is 20.3. The monoisotopic (exact) mass is 507 g/mol. The highest BCUT2D eigenvalue weighted by atomic mass is 35.5. The molecule has 4 rings (SSSR count). The van der Waals surface area contributed by atoms with Crippen LogP contribution in [0.3, 0.4) is 0 Å². The zero-order chi connectivity index (χ0) is 24.8. The number of amides is 3. The molecule has 3 N–H and O–H groups in total. The number of carbonyl (C=O) groups is 2. The number of anilines is 3. The molecule has 0 saturated carbocycles. The molecular weight excluding hydrogens is 486 g/mol. The fraction of sp³-hybridized carbons (Fsp3) is 0.167. The number of nitrogens with one attached hydrogen (secondary N) is 3. The Morgan fingerprint density at radius 3 is 2.40 bits per heavy atom. The molecule has 178 valence electrons. The third-order valence-electron chi connectivity index (χ3n) is 5.31. The van der Waals surface area contributed by atoms with Gasteiger partial charge in [0.25, 0.3) is 5.91 Å². The van der Waals surface area contributed by atoms with Crippen LogP contribution < -0.4 is 20.9 Å². The summed E-state index contributed by atoms with van der Waals surface area (Å²) in [5.41, 5.74) is 1.99. The number of likely N-dealkylation sites (N-methyl/N-ethyl adjacent to an activating group) is 1. The molecule has 0 unspecified atom stereocenters. The van der Waals surface area contributed by atoms with Crippen molar-refractivity contribution in [1.82, 2.24) is 10.2 Å². The molecule has 1 saturated heterocycles. The summed E-state index contributed by atoms with van der Waals surface area (Å²) in [7, 11) is 1.88. The van der Waals surface area contributed by atoms with E-state index in [9.17, 15) is 9.59 Å². The highest BCUT2D eigenvalue weighted by Gasteiger charge is 2.26. The molecular formula is C24H22ClN7O2S. The normalized spacial score (nSPS) is 14.9. The van der Waals surface area contributed by atoms with Crippen LogP contribution in [0.2, 0.25) is 5.02 Å². The second-order valence-electron chi connectivity index (χ2n) is 7.67. The van der Waals surface area contributed by atoms with E-state index in [1.54, 1.807) is 42.5 Å². The van der Waals surface area contributed by atoms with Gasteiger partial charge in [-0.15, -0.1) is 16.3 Å². The molecule has 0 bridgehead atoms. The number of benzene rings is 2. The van der Waals surface area contributed by atoms with E-state index >= 15 is 0 Å². The molecule has 0 aliphatic carbocycles. The molecule has 1 atom stereocenters. The van der Waals surface area contributed by atoms with Gasteiger partial charge in [-0.3, -0.25) is 4.79 Å². The molecule has 9 nitrogen and oxygen atoms in total. The lowest BCUT2D eigenvalue weighted by atomic mass is 10.2. The first-order valence-electron chi connectivity index (χ1n) is 10.7. The first-order chi connectivity index (χ1) is 16.9. The Labute approximate surface area is 211 Å². The number of guanidine groups is 1. The summed E-state index contributed by atoms with van der Waals surface area (Å²) in [5.74, 6) is 0.206. The number of thiophene rings is 1. The van der Waals surface area contributed by atoms with Crippen molar-refractivity contribution in [2.45, 2.75) is 6.04 Å². The van der Waals surface area contributed by atoms with Gasteiger partial charge < -0.3 is 25.8 Å². The fourth-order valence-corrected chi connectivity index (χ4v) is 4.48. The smallest absolute Gasteiger partial charge is 0.320 e. The Hall–Kier alpha value is -4.07. The average molecular weight is 508 g/mol. The lowest BCUT2D eigenvalue weighted by Crippen LogP contribution is -2.39. The van der Waals surface area contributed by atoms with Gasteiger partial charge in [0, 0.05) is 47.1 Å². The van der Waals surface area contributed by atoms with Crippen molar-refractivity contribution >= 4 is 57.9 Å². The first-order valence-corrected chi connectivity index (χ1v) is 11.9. The molecule has 1 fully saturated rings. The number of nitrogens with zero attached hydrogens (tertiary/aromatic N) is 4. The quantitative estimate of drug-likeness (QED) is 0.425. The van der Waals surface area contributed by atoms with Crippen LogP contribution in [-0.4, -0.2) is 42.9 Å². The van der Waals surface area contributed by atoms with Crippen LogP contribution in [0.1, 0.15) is 10.9 Å². The van der Waals surface area contributed by atoms with Gasteiger partial charge >= 0.3 is 6.03 Å². The molecule has 1 aliphatic heterocycles. The molecule has 2 heterocycles. The van der Waals surface area contributed by atoms with E-state index in [0.717, 1.165) is 12.2 Å². The van der Waals surface area contributed by atoms with E-state index < -0.39 is 12.1 Å². The summed E-state index contributed by atoms with van der Waals surface area (Å²) in [6.07, 6.45) is 1.84. The van der Waals surface area contributed by atoms with Gasteiger partial charge in [0.15, 0.2) is 0 Å². The minimum atomic E-state index is -0.886. The van der Waals surface area contributed by atoms with E-state index in [4.69, 9.17) is 16.9 Å². The van der Waals surface area contributed by atoms with Crippen molar-refractivity contribution in [1.29, 1.82) is 5.26 Å². The van der Waals surface area contributed by atoms with Crippen molar-refractivity contribution in [3.05, 3.63) is 75.9 Å². The zero-order valence-electron chi connectivity index (χ0n) is 18.7. The molecule has 1 aromatic heterocycles. The van der Waals surface area contributed by atoms with Gasteiger partial charge in [-0.25, -0.2) is 4.79 Å². The average Bonchev–Trinajstić information content (AvgIpc) is 3.50. The Kier molecular flexibility index (Phi) is 7.50. The Balaban J connectivity index is 1.44. The van der Waals surface area contributed by atoms with Gasteiger partial charge in [-0.2, -0.15) is 5.26 Å². The molecule has 3 aromatic rings. The standard InChI is InChI=1S/C24H22ClN7O2S/c1-31-12-13-32(24(31)27-15-26)19-10-8-17(9-11-19)28-22(33)21(20-3-2-14-35-20)30-23(34)29-18-6-4-16(25)5-7-18/h2-11,14,21H,12-13H2,1H3,(H,28,33)(H2,29,30,34)/t21-/m1/s1. The largest absolute Gasteiger partial charge is 0.343 e. The van der Waals surface area contributed by atoms with Gasteiger partial charge in [-0.1, -0.05) is 17.7 Å². The van der Waals surface area contributed by atoms with E-state index in [2.05, 4.69) is 20.9 Å². The van der Waals surface area contributed by atoms with Gasteiger partial charge in [0.05, 0.1) is 0 Å². The van der Waals surface area contributed by atoms with Crippen molar-refractivity contribution in [2.75, 3.05) is 35.7 Å². The maximum atomic E-state index is 13.1. The van der Waals surface area contributed by atoms with Crippen LogP contribution in [0.15, 0.2) is 71.0 Å². The predicted molar refractivity (Wildman–Crippen MR) is 139 cm³/mol. The number of halogens is 1. The SMILES string of the molecule is CN1CCN(c2ccc(NC(=O)[C@H](NC(=O)Nc3ccc(Cl)cc3)c3cccs3)cc2)C1=NC#N. The molecule has 1 aliphatic rings. The number of urea groups is 1. The predicted octanol–water partition coefficient (Wildman–Crippen LogP) is 4.49. The van der Waals surface area contributed by atoms with E-state index in [0.29, 0.717) is 33.8 Å². The second-order valence-corrected chi connectivity index (χ2v) is 9.09. The maximum absolute atomic E-state index is 13.1. The summed E-state index contributed by atoms with van der Waals surface area (Å²) in [6.45, 7) is 1.46. The molecule has 35 heavy (non-hydrogen) atoms. The number of aliphatic imine (C=N–C) groups is 1. The highest BCUT2D eigenvalue weighted by molar-refractivity contribution is 7.10. The minimum Gasteiger partial charge on any atom is -0.343 e. The number of rotatable bonds is 6. The van der Waals surface area contributed by atoms with Crippen LogP contribution in [-0.2, 0) is 4.79 Å². The third-order valence-corrected chi connectivity index (χ3v) is 6.49. The minimum absolute atomic E-state index is 0.376. The van der Waals surface area contributed by atoms with Crippen LogP contribution in [0, 0.1) is 11.5 Å². The molecule has 0 radical (unpaired) electrons. The lowest BCUT2D eigenvalue weighted by Gasteiger charge is -2.20. The summed E-state index contributed by atoms with van der Waals surface area (Å²) < 4.78 is 0. The van der Waals surface area contributed by atoms with Crippen molar-refractivity contribution in [2.24, 2.45) is 4.99 Å². The topological polar surface area (TPSA) is 113 Å². The highest BCUT2D eigenvalue weighted by Crippen LogP contribution is 2.25. The van der Waals surface area contributed by atoms with Crippen molar-refractivity contribution in [3.63, 3.8) is 0 Å². The lowest BCUT2D eigenvalue weighted by molar-refractivity contribution is -0.118. The summed E-state index contributed by atoms with van der Waals surface area (Å²) in [5, 5.41) is 19.7. The van der Waals surface area contributed by atoms with E-state index in [1.165, 1.54) is 11.3 Å². The van der Waals surface area contributed by atoms with Crippen LogP contribution >= 0.6 is 22.9 Å². The first kappa shape index (κ1) is 24.1. The number of hydrogen-bond acceptors (Lipinski definition) is 5. The Bertz CT molecular complexity index is 1250. The van der Waals surface area contributed by atoms with Gasteiger partial charge in [0.1, 0.15) is 6.04 Å². The van der Waals surface area contributed by atoms with Gasteiger partial charge in [0.2, 0.25) is 12.2 Å².